The molecule has 192 valence electrons. The number of hydrogen-bond acceptors (Lipinski definition) is 2. The summed E-state index contributed by atoms with van der Waals surface area (Å²) in [6.07, 6.45) is 1.51. The summed E-state index contributed by atoms with van der Waals surface area (Å²) in [5.41, 5.74) is 0. The van der Waals surface area contributed by atoms with Gasteiger partial charge in [0, 0.05) is 5.92 Å². The van der Waals surface area contributed by atoms with Crippen molar-refractivity contribution in [2.24, 2.45) is 17.8 Å². The van der Waals surface area contributed by atoms with Crippen LogP contribution in [0.25, 0.3) is 0 Å². The molecule has 2 saturated carbocycles. The Balaban J connectivity index is 0.000000170. The first-order chi connectivity index (χ1) is 17.0. The van der Waals surface area contributed by atoms with E-state index in [1.54, 1.807) is 0 Å². The van der Waals surface area contributed by atoms with Gasteiger partial charge < -0.3 is 0 Å². The van der Waals surface area contributed by atoms with E-state index in [4.69, 9.17) is 4.55 Å². The van der Waals surface area contributed by atoms with E-state index < -0.39 is 33.1 Å². The molecule has 1 N–H and O–H groups in total. The molecule has 2 aliphatic rings. The third-order valence-corrected chi connectivity index (χ3v) is 10.0. The van der Waals surface area contributed by atoms with E-state index in [2.05, 4.69) is 91.0 Å². The Hall–Kier alpha value is -2.36. The van der Waals surface area contributed by atoms with Crippen LogP contribution in [0.5, 0.6) is 0 Å². The van der Waals surface area contributed by atoms with Crippen molar-refractivity contribution in [1.29, 1.82) is 0 Å². The highest BCUT2D eigenvalue weighted by Crippen LogP contribution is 2.58. The van der Waals surface area contributed by atoms with Crippen molar-refractivity contribution in [3.05, 3.63) is 91.0 Å². The predicted molar refractivity (Wildman–Crippen MR) is 132 cm³/mol. The predicted octanol–water partition coefficient (Wildman–Crippen LogP) is 7.32. The van der Waals surface area contributed by atoms with Crippen molar-refractivity contribution in [3.8, 4) is 0 Å². The van der Waals surface area contributed by atoms with Gasteiger partial charge in [-0.2, -0.15) is 26.0 Å². The molecule has 3 atom stereocenters. The van der Waals surface area contributed by atoms with Crippen LogP contribution in [0.4, 0.5) is 17.6 Å². The standard InChI is InChI=1S/C18H15S.C9H12F4O3S/c1-4-10-16(11-5-1)19(17-12-6-2-7-13-17)18-14-8-3-9-15-18;10-8(11,9(12,13)17(14,15)16)7-4-5-1-2-6(7)3-5/h1-15H;5-7H,1-4H2,(H,14,15,16)/q+1;. The lowest BCUT2D eigenvalue weighted by Crippen LogP contribution is -2.52. The maximum absolute atomic E-state index is 13.6. The summed E-state index contributed by atoms with van der Waals surface area (Å²) >= 11 is 0. The van der Waals surface area contributed by atoms with Crippen LogP contribution in [0.15, 0.2) is 106 Å². The molecule has 0 amide bonds. The van der Waals surface area contributed by atoms with Crippen molar-refractivity contribution in [2.45, 2.75) is 51.5 Å². The zero-order valence-electron chi connectivity index (χ0n) is 19.3. The van der Waals surface area contributed by atoms with Crippen LogP contribution in [0.3, 0.4) is 0 Å². The molecule has 2 fully saturated rings. The molecule has 3 aromatic carbocycles. The fraction of sp³-hybridized carbons (Fsp3) is 0.333. The van der Waals surface area contributed by atoms with Crippen molar-refractivity contribution in [3.63, 3.8) is 0 Å². The van der Waals surface area contributed by atoms with E-state index in [-0.39, 0.29) is 23.2 Å². The van der Waals surface area contributed by atoms with Crippen molar-refractivity contribution >= 4 is 21.0 Å². The molecule has 2 bridgehead atoms. The normalized spacial score (nSPS) is 21.8. The smallest absolute Gasteiger partial charge is 0.281 e. The monoisotopic (exact) mass is 539 g/mol. The molecule has 3 aromatic rings. The minimum atomic E-state index is -6.10. The van der Waals surface area contributed by atoms with Gasteiger partial charge in [0.15, 0.2) is 14.7 Å². The first-order valence-electron chi connectivity index (χ1n) is 11.6. The Morgan fingerprint density at radius 2 is 1.11 bits per heavy atom. The van der Waals surface area contributed by atoms with Crippen molar-refractivity contribution in [2.75, 3.05) is 0 Å². The molecule has 0 heterocycles. The van der Waals surface area contributed by atoms with Gasteiger partial charge in [0.05, 0.1) is 10.9 Å². The molecular formula is C27H27F4O3S2+. The topological polar surface area (TPSA) is 54.4 Å². The van der Waals surface area contributed by atoms with Crippen LogP contribution < -0.4 is 0 Å². The minimum Gasteiger partial charge on any atom is -0.281 e. The second kappa shape index (κ2) is 10.6. The molecule has 0 aliphatic heterocycles. The van der Waals surface area contributed by atoms with Gasteiger partial charge in [0.1, 0.15) is 0 Å². The minimum absolute atomic E-state index is 0.0146. The van der Waals surface area contributed by atoms with Crippen molar-refractivity contribution in [1.82, 2.24) is 0 Å². The third-order valence-electron chi connectivity index (χ3n) is 6.85. The number of fused-ring (bicyclic) bond motifs is 2. The van der Waals surface area contributed by atoms with E-state index in [1.165, 1.54) is 14.7 Å². The Labute approximate surface area is 211 Å². The molecule has 3 unspecified atom stereocenters. The Morgan fingerprint density at radius 3 is 1.42 bits per heavy atom. The fourth-order valence-corrected chi connectivity index (χ4v) is 7.75. The highest BCUT2D eigenvalue weighted by Gasteiger charge is 2.71. The summed E-state index contributed by atoms with van der Waals surface area (Å²) < 4.78 is 82.4. The van der Waals surface area contributed by atoms with Gasteiger partial charge >= 0.3 is 21.3 Å². The summed E-state index contributed by atoms with van der Waals surface area (Å²) in [6.45, 7) is 0. The first kappa shape index (κ1) is 26.7. The highest BCUT2D eigenvalue weighted by molar-refractivity contribution is 7.97. The van der Waals surface area contributed by atoms with Crippen LogP contribution >= 0.6 is 0 Å². The van der Waals surface area contributed by atoms with Crippen LogP contribution in [0.1, 0.15) is 25.7 Å². The maximum Gasteiger partial charge on any atom is 0.431 e. The van der Waals surface area contributed by atoms with Crippen LogP contribution in [0.2, 0.25) is 0 Å². The number of rotatable bonds is 6. The molecule has 36 heavy (non-hydrogen) atoms. The van der Waals surface area contributed by atoms with Crippen molar-refractivity contribution < 1.29 is 30.5 Å². The lowest BCUT2D eigenvalue weighted by Gasteiger charge is -2.33. The second-order valence-electron chi connectivity index (χ2n) is 9.14. The van der Waals surface area contributed by atoms with Crippen LogP contribution in [0, 0.1) is 17.8 Å². The second-order valence-corrected chi connectivity index (χ2v) is 12.6. The lowest BCUT2D eigenvalue weighted by molar-refractivity contribution is -0.202. The third kappa shape index (κ3) is 5.33. The van der Waals surface area contributed by atoms with Gasteiger partial charge in [0.2, 0.25) is 0 Å². The number of benzene rings is 3. The number of hydrogen-bond donors (Lipinski definition) is 1. The summed E-state index contributed by atoms with van der Waals surface area (Å²) in [5, 5.41) is -5.41. The fourth-order valence-electron chi connectivity index (χ4n) is 5.15. The molecule has 2 aliphatic carbocycles. The molecule has 0 radical (unpaired) electrons. The molecule has 0 saturated heterocycles. The van der Waals surface area contributed by atoms with E-state index in [0.29, 0.717) is 12.8 Å². The molecule has 3 nitrogen and oxygen atoms in total. The van der Waals surface area contributed by atoms with Gasteiger partial charge in [-0.3, -0.25) is 4.55 Å². The summed E-state index contributed by atoms with van der Waals surface area (Å²) in [5.74, 6) is -6.95. The zero-order chi connectivity index (χ0) is 26.0. The van der Waals surface area contributed by atoms with Gasteiger partial charge in [-0.1, -0.05) is 61.0 Å². The quantitative estimate of drug-likeness (QED) is 0.203. The van der Waals surface area contributed by atoms with Gasteiger partial charge in [-0.05, 0) is 67.5 Å². The maximum atomic E-state index is 13.6. The molecule has 0 spiro atoms. The summed E-state index contributed by atoms with van der Waals surface area (Å²) in [7, 11) is -6.11. The average Bonchev–Trinajstić information content (AvgIpc) is 3.50. The SMILES string of the molecule is O=S(=O)(O)C(F)(F)C(F)(F)C1CC2CCC1C2.c1ccc([S+](c2ccccc2)c2ccccc2)cc1. The number of alkyl halides is 4. The number of halogens is 4. The van der Waals surface area contributed by atoms with Gasteiger partial charge in [-0.25, -0.2) is 0 Å². The Bertz CT molecular complexity index is 1150. The summed E-state index contributed by atoms with van der Waals surface area (Å²) in [4.78, 5) is 4.08. The Kier molecular flexibility index (Phi) is 7.83. The van der Waals surface area contributed by atoms with Gasteiger partial charge in [-0.15, -0.1) is 0 Å². The highest BCUT2D eigenvalue weighted by atomic mass is 32.2. The molecule has 0 aromatic heterocycles. The molecule has 9 heteroatoms. The van der Waals surface area contributed by atoms with Crippen LogP contribution in [-0.4, -0.2) is 24.1 Å². The van der Waals surface area contributed by atoms with Gasteiger partial charge in [0.25, 0.3) is 0 Å². The van der Waals surface area contributed by atoms with Crippen LogP contribution in [-0.2, 0) is 21.0 Å². The largest absolute Gasteiger partial charge is 0.431 e. The molecular weight excluding hydrogens is 512 g/mol. The molecule has 5 rings (SSSR count). The zero-order valence-corrected chi connectivity index (χ0v) is 20.9. The first-order valence-corrected chi connectivity index (χ1v) is 14.3. The van der Waals surface area contributed by atoms with E-state index in [0.717, 1.165) is 6.42 Å². The van der Waals surface area contributed by atoms with E-state index in [1.807, 2.05) is 0 Å². The summed E-state index contributed by atoms with van der Waals surface area (Å²) in [6, 6.07) is 32.2. The van der Waals surface area contributed by atoms with E-state index in [9.17, 15) is 26.0 Å². The average molecular weight is 540 g/mol. The van der Waals surface area contributed by atoms with E-state index >= 15 is 0 Å². The Morgan fingerprint density at radius 1 is 0.694 bits per heavy atom. The lowest BCUT2D eigenvalue weighted by atomic mass is 9.84.